The van der Waals surface area contributed by atoms with E-state index in [9.17, 15) is 14.7 Å². The molecule has 2 aromatic rings. The molecule has 6 heteroatoms. The summed E-state index contributed by atoms with van der Waals surface area (Å²) in [5, 5.41) is 9.60. The van der Waals surface area contributed by atoms with Gasteiger partial charge in [0, 0.05) is 32.4 Å². The molecule has 0 unspecified atom stereocenters. The molecule has 0 aliphatic carbocycles. The fraction of sp³-hybridized carbons (Fsp3) is 0.481. The molecule has 0 bridgehead atoms. The first kappa shape index (κ1) is 24.9. The van der Waals surface area contributed by atoms with Crippen molar-refractivity contribution in [3.8, 4) is 0 Å². The summed E-state index contributed by atoms with van der Waals surface area (Å²) >= 11 is 0. The lowest BCUT2D eigenvalue weighted by Gasteiger charge is -2.29. The molecule has 33 heavy (non-hydrogen) atoms. The molecule has 1 heterocycles. The summed E-state index contributed by atoms with van der Waals surface area (Å²) in [6.07, 6.45) is 5.38. The first-order valence-corrected chi connectivity index (χ1v) is 11.8. The number of rotatable bonds is 5. The van der Waals surface area contributed by atoms with E-state index in [1.807, 2.05) is 0 Å². The van der Waals surface area contributed by atoms with E-state index < -0.39 is 5.97 Å². The maximum Gasteiger partial charge on any atom is 0.335 e. The van der Waals surface area contributed by atoms with Gasteiger partial charge in [-0.15, -0.1) is 0 Å². The molecule has 0 saturated carbocycles. The highest BCUT2D eigenvalue weighted by atomic mass is 16.5. The van der Waals surface area contributed by atoms with Crippen LogP contribution in [-0.2, 0) is 22.6 Å². The van der Waals surface area contributed by atoms with Gasteiger partial charge < -0.3 is 14.7 Å². The molecule has 0 radical (unpaired) electrons. The average molecular weight is 453 g/mol. The number of carbonyl (C=O) groups is 2. The van der Waals surface area contributed by atoms with Crippen LogP contribution in [0.15, 0.2) is 36.4 Å². The predicted octanol–water partition coefficient (Wildman–Crippen LogP) is 4.95. The molecular weight excluding hydrogens is 416 g/mol. The Morgan fingerprint density at radius 3 is 2.27 bits per heavy atom. The van der Waals surface area contributed by atoms with E-state index in [4.69, 9.17) is 4.74 Å². The number of methoxy groups -OCH3 is 1. The van der Waals surface area contributed by atoms with Crippen LogP contribution in [0.3, 0.4) is 0 Å². The highest BCUT2D eigenvalue weighted by molar-refractivity contribution is 5.96. The molecule has 1 N–H and O–H groups in total. The van der Waals surface area contributed by atoms with Crippen molar-refractivity contribution < 1.29 is 19.4 Å². The quantitative estimate of drug-likeness (QED) is 0.695. The first-order chi connectivity index (χ1) is 15.9. The number of carboxylic acids is 1. The minimum Gasteiger partial charge on any atom is -0.478 e. The lowest BCUT2D eigenvalue weighted by Crippen LogP contribution is -2.36. The van der Waals surface area contributed by atoms with Crippen LogP contribution in [0, 0.1) is 13.8 Å². The fourth-order valence-electron chi connectivity index (χ4n) is 4.70. The number of ether oxygens (including phenoxy) is 1. The Kier molecular flexibility index (Phi) is 9.03. The van der Waals surface area contributed by atoms with E-state index >= 15 is 0 Å². The first-order valence-electron chi connectivity index (χ1n) is 11.8. The van der Waals surface area contributed by atoms with E-state index in [1.165, 1.54) is 23.8 Å². The maximum atomic E-state index is 12.9. The predicted molar refractivity (Wildman–Crippen MR) is 131 cm³/mol. The minimum absolute atomic E-state index is 0.00635. The van der Waals surface area contributed by atoms with Crippen LogP contribution in [0.5, 0.6) is 0 Å². The van der Waals surface area contributed by atoms with Crippen molar-refractivity contribution in [2.75, 3.05) is 31.7 Å². The van der Waals surface area contributed by atoms with Crippen LogP contribution in [0.4, 0.5) is 5.69 Å². The number of anilines is 1. The van der Waals surface area contributed by atoms with Gasteiger partial charge in [-0.25, -0.2) is 4.79 Å². The Balaban J connectivity index is 2.00. The Morgan fingerprint density at radius 1 is 0.939 bits per heavy atom. The van der Waals surface area contributed by atoms with Crippen LogP contribution in [0.2, 0.25) is 0 Å². The lowest BCUT2D eigenvalue weighted by molar-refractivity contribution is -0.122. The third-order valence-electron chi connectivity index (χ3n) is 6.12. The van der Waals surface area contributed by atoms with E-state index in [2.05, 4.69) is 36.9 Å². The van der Waals surface area contributed by atoms with Crippen molar-refractivity contribution in [3.63, 3.8) is 0 Å². The van der Waals surface area contributed by atoms with Gasteiger partial charge in [0.05, 0.1) is 5.56 Å². The van der Waals surface area contributed by atoms with Gasteiger partial charge >= 0.3 is 5.97 Å². The molecule has 0 spiro atoms. The number of amides is 1. The van der Waals surface area contributed by atoms with E-state index in [-0.39, 0.29) is 18.1 Å². The number of nitrogens with zero attached hydrogens (tertiary/aromatic N) is 2. The van der Waals surface area contributed by atoms with Crippen LogP contribution in [-0.4, -0.2) is 48.7 Å². The zero-order chi connectivity index (χ0) is 23.8. The molecule has 6 nitrogen and oxygen atoms in total. The zero-order valence-corrected chi connectivity index (χ0v) is 20.1. The molecule has 3 rings (SSSR count). The van der Waals surface area contributed by atoms with Crippen LogP contribution in [0.25, 0.3) is 0 Å². The lowest BCUT2D eigenvalue weighted by atomic mass is 10.0. The SMILES string of the molecule is COCC(=O)N1CCCCCCCN(Cc2cc(C)cc(C)c2)Cc2cc(C(=O)O)ccc21. The third-order valence-corrected chi connectivity index (χ3v) is 6.12. The Labute approximate surface area is 197 Å². The number of fused-ring (bicyclic) bond motifs is 1. The van der Waals surface area contributed by atoms with Gasteiger partial charge in [0.2, 0.25) is 0 Å². The second kappa shape index (κ2) is 12.0. The summed E-state index contributed by atoms with van der Waals surface area (Å²) < 4.78 is 5.13. The molecule has 0 aromatic heterocycles. The molecule has 0 saturated heterocycles. The fourth-order valence-corrected chi connectivity index (χ4v) is 4.70. The largest absolute Gasteiger partial charge is 0.478 e. The number of benzene rings is 2. The zero-order valence-electron chi connectivity index (χ0n) is 20.1. The summed E-state index contributed by atoms with van der Waals surface area (Å²) in [7, 11) is 1.52. The summed E-state index contributed by atoms with van der Waals surface area (Å²) in [5.74, 6) is -1.06. The molecule has 1 amide bonds. The Bertz CT molecular complexity index is 952. The van der Waals surface area contributed by atoms with Crippen LogP contribution in [0.1, 0.15) is 64.7 Å². The van der Waals surface area contributed by atoms with Crippen molar-refractivity contribution in [3.05, 3.63) is 64.2 Å². The highest BCUT2D eigenvalue weighted by Gasteiger charge is 2.22. The van der Waals surface area contributed by atoms with Gasteiger partial charge in [0.15, 0.2) is 0 Å². The molecular formula is C27H36N2O4. The van der Waals surface area contributed by atoms with Crippen molar-refractivity contribution in [2.45, 2.75) is 59.0 Å². The topological polar surface area (TPSA) is 70.1 Å². The van der Waals surface area contributed by atoms with Crippen molar-refractivity contribution in [2.24, 2.45) is 0 Å². The molecule has 1 aliphatic heterocycles. The monoisotopic (exact) mass is 452 g/mol. The Morgan fingerprint density at radius 2 is 1.61 bits per heavy atom. The number of aryl methyl sites for hydroxylation is 2. The van der Waals surface area contributed by atoms with E-state index in [0.29, 0.717) is 13.1 Å². The molecule has 1 aliphatic rings. The maximum absolute atomic E-state index is 12.9. The normalized spacial score (nSPS) is 15.9. The van der Waals surface area contributed by atoms with Crippen molar-refractivity contribution >= 4 is 17.6 Å². The van der Waals surface area contributed by atoms with Crippen LogP contribution >= 0.6 is 0 Å². The standard InChI is InChI=1S/C27H36N2O4/c1-20-13-21(2)15-22(14-20)17-28-11-7-5-4-6-8-12-29(26(30)19-33-3)25-10-9-23(27(31)32)16-24(25)18-28/h9-10,13-16H,4-8,11-12,17-19H2,1-3H3,(H,31,32). The molecule has 2 aromatic carbocycles. The van der Waals surface area contributed by atoms with Gasteiger partial charge in [-0.05, 0) is 62.6 Å². The second-order valence-electron chi connectivity index (χ2n) is 9.10. The van der Waals surface area contributed by atoms with E-state index in [1.54, 1.807) is 23.1 Å². The average Bonchev–Trinajstić information content (AvgIpc) is 2.74. The molecule has 0 fully saturated rings. The van der Waals surface area contributed by atoms with Gasteiger partial charge in [-0.1, -0.05) is 48.6 Å². The Hall–Kier alpha value is -2.70. The van der Waals surface area contributed by atoms with Crippen molar-refractivity contribution in [1.82, 2.24) is 4.90 Å². The summed E-state index contributed by atoms with van der Waals surface area (Å²) in [6, 6.07) is 11.7. The van der Waals surface area contributed by atoms with Gasteiger partial charge in [-0.3, -0.25) is 9.69 Å². The van der Waals surface area contributed by atoms with Crippen molar-refractivity contribution in [1.29, 1.82) is 0 Å². The van der Waals surface area contributed by atoms with E-state index in [0.717, 1.165) is 56.4 Å². The number of carbonyl (C=O) groups excluding carboxylic acids is 1. The molecule has 178 valence electrons. The summed E-state index contributed by atoms with van der Waals surface area (Å²) in [4.78, 5) is 28.8. The summed E-state index contributed by atoms with van der Waals surface area (Å²) in [5.41, 5.74) is 5.63. The van der Waals surface area contributed by atoms with Gasteiger partial charge in [-0.2, -0.15) is 0 Å². The van der Waals surface area contributed by atoms with Gasteiger partial charge in [0.25, 0.3) is 5.91 Å². The minimum atomic E-state index is -0.959. The summed E-state index contributed by atoms with van der Waals surface area (Å²) in [6.45, 7) is 7.13. The number of hydrogen-bond donors (Lipinski definition) is 1. The number of hydrogen-bond acceptors (Lipinski definition) is 4. The van der Waals surface area contributed by atoms with Crippen LogP contribution < -0.4 is 4.90 Å². The smallest absolute Gasteiger partial charge is 0.335 e. The highest BCUT2D eigenvalue weighted by Crippen LogP contribution is 2.27. The molecule has 0 atom stereocenters. The second-order valence-corrected chi connectivity index (χ2v) is 9.10. The third kappa shape index (κ3) is 7.14. The number of carboxylic acid groups (broad SMARTS) is 1. The van der Waals surface area contributed by atoms with Gasteiger partial charge in [0.1, 0.15) is 6.61 Å². The number of aromatic carboxylic acids is 1.